The Kier molecular flexibility index (Phi) is 3.75. The van der Waals surface area contributed by atoms with Gasteiger partial charge < -0.3 is 5.11 Å². The van der Waals surface area contributed by atoms with Gasteiger partial charge in [-0.2, -0.15) is 4.21 Å². The maximum absolute atomic E-state index is 10.5. The van der Waals surface area contributed by atoms with Crippen molar-refractivity contribution in [2.75, 3.05) is 0 Å². The first-order valence-electron chi connectivity index (χ1n) is 3.66. The fraction of sp³-hybridized carbons (Fsp3) is 0.125. The average molecular weight is 216 g/mol. The zero-order valence-electron chi connectivity index (χ0n) is 7.04. The summed E-state index contributed by atoms with van der Waals surface area (Å²) in [6.07, 6.45) is 0. The van der Waals surface area contributed by atoms with Crippen LogP contribution in [0.25, 0.3) is 0 Å². The molecule has 0 saturated carbocycles. The van der Waals surface area contributed by atoms with E-state index in [1.54, 1.807) is 12.1 Å². The molecule has 0 saturated heterocycles. The van der Waals surface area contributed by atoms with E-state index in [2.05, 4.69) is 4.18 Å². The minimum absolute atomic E-state index is 0.0930. The van der Waals surface area contributed by atoms with Crippen LogP contribution in [0.5, 0.6) is 0 Å². The van der Waals surface area contributed by atoms with Crippen molar-refractivity contribution in [3.63, 3.8) is 0 Å². The molecule has 0 fully saturated rings. The number of hydrogen-bond donors (Lipinski definition) is 2. The first-order chi connectivity index (χ1) is 6.59. The van der Waals surface area contributed by atoms with E-state index in [4.69, 9.17) is 9.66 Å². The molecule has 1 rings (SSSR count). The molecule has 6 heteroatoms. The molecule has 2 N–H and O–H groups in total. The highest BCUT2D eigenvalue weighted by Gasteiger charge is 2.03. The van der Waals surface area contributed by atoms with Gasteiger partial charge in [0.25, 0.3) is 0 Å². The lowest BCUT2D eigenvalue weighted by molar-refractivity contribution is 0.0696. The van der Waals surface area contributed by atoms with Crippen molar-refractivity contribution in [2.45, 2.75) is 6.61 Å². The molecule has 0 aliphatic carbocycles. The van der Waals surface area contributed by atoms with E-state index in [1.165, 1.54) is 12.1 Å². The van der Waals surface area contributed by atoms with Crippen LogP contribution in [-0.4, -0.2) is 19.8 Å². The predicted octanol–water partition coefficient (Wildman–Crippen LogP) is 1.04. The number of carbonyl (C=O) groups is 1. The van der Waals surface area contributed by atoms with Crippen LogP contribution in [0.2, 0.25) is 0 Å². The number of carboxylic acids is 1. The Morgan fingerprint density at radius 1 is 1.50 bits per heavy atom. The van der Waals surface area contributed by atoms with Crippen molar-refractivity contribution in [3.05, 3.63) is 35.4 Å². The van der Waals surface area contributed by atoms with Crippen LogP contribution in [0.3, 0.4) is 0 Å². The van der Waals surface area contributed by atoms with E-state index < -0.39 is 17.3 Å². The fourth-order valence-corrected chi connectivity index (χ4v) is 1.15. The summed E-state index contributed by atoms with van der Waals surface area (Å²) in [6, 6.07) is 5.97. The van der Waals surface area contributed by atoms with Gasteiger partial charge in [0.15, 0.2) is 0 Å². The third-order valence-electron chi connectivity index (χ3n) is 1.50. The van der Waals surface area contributed by atoms with Crippen LogP contribution >= 0.6 is 0 Å². The van der Waals surface area contributed by atoms with Crippen LogP contribution in [0.15, 0.2) is 24.3 Å². The van der Waals surface area contributed by atoms with Crippen LogP contribution in [0, 0.1) is 0 Å². The number of rotatable bonds is 4. The molecule has 0 radical (unpaired) electrons. The van der Waals surface area contributed by atoms with Gasteiger partial charge in [0.05, 0.1) is 12.2 Å². The molecule has 0 heterocycles. The zero-order valence-corrected chi connectivity index (χ0v) is 7.86. The summed E-state index contributed by atoms with van der Waals surface area (Å²) < 4.78 is 22.9. The minimum Gasteiger partial charge on any atom is -0.478 e. The first-order valence-corrected chi connectivity index (χ1v) is 4.69. The molecule has 0 aromatic heterocycles. The number of benzene rings is 1. The Morgan fingerprint density at radius 2 is 2.21 bits per heavy atom. The molecule has 0 amide bonds. The van der Waals surface area contributed by atoms with Crippen LogP contribution in [0.1, 0.15) is 15.9 Å². The molecule has 5 nitrogen and oxygen atoms in total. The van der Waals surface area contributed by atoms with Crippen LogP contribution in [0.4, 0.5) is 0 Å². The fourth-order valence-electron chi connectivity index (χ4n) is 0.913. The quantitative estimate of drug-likeness (QED) is 0.734. The highest BCUT2D eigenvalue weighted by atomic mass is 32.2. The van der Waals surface area contributed by atoms with E-state index in [9.17, 15) is 9.00 Å². The number of carboxylic acid groups (broad SMARTS) is 1. The second kappa shape index (κ2) is 4.85. The van der Waals surface area contributed by atoms with Gasteiger partial charge in [0.2, 0.25) is 0 Å². The highest BCUT2D eigenvalue weighted by molar-refractivity contribution is 7.74. The number of hydrogen-bond acceptors (Lipinski definition) is 3. The third-order valence-corrected chi connectivity index (χ3v) is 1.82. The lowest BCUT2D eigenvalue weighted by Crippen LogP contribution is -1.99. The first kappa shape index (κ1) is 10.8. The Labute approximate surface area is 82.8 Å². The second-order valence-electron chi connectivity index (χ2n) is 2.48. The summed E-state index contributed by atoms with van der Waals surface area (Å²) in [6.45, 7) is -0.0930. The molecule has 0 spiro atoms. The molecule has 0 aliphatic rings. The van der Waals surface area contributed by atoms with Crippen molar-refractivity contribution < 1.29 is 22.8 Å². The largest absolute Gasteiger partial charge is 0.478 e. The Balaban J connectivity index is 2.73. The van der Waals surface area contributed by atoms with Crippen molar-refractivity contribution in [2.24, 2.45) is 0 Å². The smallest absolute Gasteiger partial charge is 0.335 e. The van der Waals surface area contributed by atoms with Gasteiger partial charge >= 0.3 is 17.3 Å². The van der Waals surface area contributed by atoms with Gasteiger partial charge in [0, 0.05) is 0 Å². The van der Waals surface area contributed by atoms with Crippen molar-refractivity contribution in [1.29, 1.82) is 0 Å². The van der Waals surface area contributed by atoms with E-state index in [1.807, 2.05) is 0 Å². The lowest BCUT2D eigenvalue weighted by atomic mass is 10.1. The summed E-state index contributed by atoms with van der Waals surface area (Å²) in [5, 5.41) is 8.64. The Bertz CT molecular complexity index is 363. The average Bonchev–Trinajstić information content (AvgIpc) is 2.15. The maximum atomic E-state index is 10.5. The standard InChI is InChI=1S/C8H8O5S/c9-8(10)7-3-1-2-6(4-7)5-13-14(11)12/h1-4H,5H2,(H,9,10)(H,11,12). The Hall–Kier alpha value is -1.24. The Morgan fingerprint density at radius 3 is 2.79 bits per heavy atom. The zero-order chi connectivity index (χ0) is 10.6. The minimum atomic E-state index is -2.33. The molecule has 0 bridgehead atoms. The molecule has 1 aromatic carbocycles. The molecular formula is C8H8O5S. The topological polar surface area (TPSA) is 83.8 Å². The van der Waals surface area contributed by atoms with Gasteiger partial charge in [-0.3, -0.25) is 8.74 Å². The van der Waals surface area contributed by atoms with E-state index >= 15 is 0 Å². The maximum Gasteiger partial charge on any atom is 0.335 e. The summed E-state index contributed by atoms with van der Waals surface area (Å²) >= 11 is -2.33. The second-order valence-corrected chi connectivity index (χ2v) is 3.15. The van der Waals surface area contributed by atoms with Crippen molar-refractivity contribution >= 4 is 17.3 Å². The molecule has 14 heavy (non-hydrogen) atoms. The normalized spacial score (nSPS) is 12.4. The highest BCUT2D eigenvalue weighted by Crippen LogP contribution is 2.06. The summed E-state index contributed by atoms with van der Waals surface area (Å²) in [7, 11) is 0. The van der Waals surface area contributed by atoms with Gasteiger partial charge in [0.1, 0.15) is 0 Å². The predicted molar refractivity (Wildman–Crippen MR) is 49.0 cm³/mol. The number of aromatic carboxylic acids is 1. The molecular weight excluding hydrogens is 208 g/mol. The molecule has 76 valence electrons. The summed E-state index contributed by atoms with van der Waals surface area (Å²) in [4.78, 5) is 10.5. The van der Waals surface area contributed by atoms with E-state index in [0.29, 0.717) is 5.56 Å². The van der Waals surface area contributed by atoms with Crippen LogP contribution in [-0.2, 0) is 22.2 Å². The molecule has 1 atom stereocenters. The van der Waals surface area contributed by atoms with Gasteiger partial charge in [-0.25, -0.2) is 4.79 Å². The monoisotopic (exact) mass is 216 g/mol. The summed E-state index contributed by atoms with van der Waals surface area (Å²) in [5.41, 5.74) is 0.655. The molecule has 1 aromatic rings. The van der Waals surface area contributed by atoms with Gasteiger partial charge in [-0.15, -0.1) is 0 Å². The van der Waals surface area contributed by atoms with Gasteiger partial charge in [-0.05, 0) is 17.7 Å². The lowest BCUT2D eigenvalue weighted by Gasteiger charge is -2.00. The van der Waals surface area contributed by atoms with E-state index in [0.717, 1.165) is 0 Å². The molecule has 0 aliphatic heterocycles. The third kappa shape index (κ3) is 3.25. The van der Waals surface area contributed by atoms with Crippen LogP contribution < -0.4 is 0 Å². The van der Waals surface area contributed by atoms with Gasteiger partial charge in [-0.1, -0.05) is 12.1 Å². The van der Waals surface area contributed by atoms with Crippen molar-refractivity contribution in [3.8, 4) is 0 Å². The molecule has 1 unspecified atom stereocenters. The van der Waals surface area contributed by atoms with Crippen molar-refractivity contribution in [1.82, 2.24) is 0 Å². The SMILES string of the molecule is O=C(O)c1cccc(COS(=O)O)c1. The summed E-state index contributed by atoms with van der Waals surface area (Å²) in [5.74, 6) is -1.04. The van der Waals surface area contributed by atoms with E-state index in [-0.39, 0.29) is 12.2 Å².